The summed E-state index contributed by atoms with van der Waals surface area (Å²) in [6.07, 6.45) is 0.189. The first-order chi connectivity index (χ1) is 63.1. The molecule has 6 aromatic rings. The number of hydrogen-bond donors (Lipinski definition) is 1. The molecule has 0 fully saturated rings. The molecule has 1 N–H and O–H groups in total. The molecule has 136 heavy (non-hydrogen) atoms. The van der Waals surface area contributed by atoms with Crippen LogP contribution < -0.4 is 34.1 Å². The topological polar surface area (TPSA) is 642 Å². The fourth-order valence-electron chi connectivity index (χ4n) is 11.0. The van der Waals surface area contributed by atoms with Gasteiger partial charge in [-0.3, -0.25) is 24.0 Å². The van der Waals surface area contributed by atoms with Crippen molar-refractivity contribution in [2.45, 2.75) is 97.8 Å². The molecule has 0 spiro atoms. The van der Waals surface area contributed by atoms with Crippen molar-refractivity contribution < 1.29 is 178 Å². The Morgan fingerprint density at radius 2 is 0.618 bits per heavy atom. The van der Waals surface area contributed by atoms with Gasteiger partial charge in [0.25, 0.3) is 0 Å². The zero-order chi connectivity index (χ0) is 104. The molecule has 0 aliphatic rings. The van der Waals surface area contributed by atoms with Crippen molar-refractivity contribution in [1.29, 1.82) is 0 Å². The van der Waals surface area contributed by atoms with Crippen LogP contribution in [0.1, 0.15) is 152 Å². The Bertz CT molecular complexity index is 5930. The summed E-state index contributed by atoms with van der Waals surface area (Å²) in [5.74, 6) is -11.6. The minimum absolute atomic E-state index is 0.0225. The van der Waals surface area contributed by atoms with E-state index < -0.39 is 194 Å². The third-order valence-electron chi connectivity index (χ3n) is 17.3. The lowest BCUT2D eigenvalue weighted by atomic mass is 9.78. The number of methoxy groups -OCH3 is 2. The highest BCUT2D eigenvalue weighted by Crippen LogP contribution is 2.41. The first-order valence-corrected chi connectivity index (χ1v) is 48.4. The summed E-state index contributed by atoms with van der Waals surface area (Å²) in [5.41, 5.74) is 5.54. The fourth-order valence-corrected chi connectivity index (χ4v) is 12.7. The van der Waals surface area contributed by atoms with Gasteiger partial charge >= 0.3 is 47.8 Å². The molecule has 0 aliphatic carbocycles. The number of carbonyl (C=O) groups is 11. The smallest absolute Gasteiger partial charge is 0.341 e. The molecule has 20 radical (unpaired) electrons. The van der Waals surface area contributed by atoms with Crippen LogP contribution in [-0.4, -0.2) is 324 Å². The van der Waals surface area contributed by atoms with Crippen molar-refractivity contribution in [3.05, 3.63) is 168 Å². The van der Waals surface area contributed by atoms with Gasteiger partial charge in [-0.05, 0) is 93.0 Å². The lowest BCUT2D eigenvalue weighted by molar-refractivity contribution is -0.132. The standard InChI is InChI=1S/C18H23B3N2O7S.C14H16B3NO6S.2C12H13BO7S.2C11H13BO6S/c1-10(24)22(3)16-12(7-19)15(18(26)30-5-6-31(27,28)29)13(8-20)17(14(16)9-21)23(4)11(2)25;1-8(19)18-13-10(6-16)4-9(5-15)12(11(13)7-17)14(20)24-2-3-25(21,22)23;1-8(14)20-11-6-9(2-3-10(11)7-13)12(15)19-4-5-21(16,17)18;1-8(14)20-11-6-9(7-13)2-3-10(11)12(15)19-4-5-21(16,17)18;1-17-10-6-8(2-3-9(10)7-12)11(13)18-4-5-19(14,15)16;1-17-10-6-8(7-12)2-3-9(10)11(13)18-4-5-19(14,15)16/h5-9H2,1-4H3,(H,27,28,29);4H,2-3,5-7H2,1H3,(H,18,19)(H,21,22,23);2*2-3,6H,4-5,7H2,1H3,(H,16,17,18);2*2-3,6H,4-5,7H2,1H3,(H,14,15,16)/p-6. The van der Waals surface area contributed by atoms with Crippen molar-refractivity contribution >= 4 is 222 Å². The predicted molar refractivity (Wildman–Crippen MR) is 491 cm³/mol. The Balaban J connectivity index is 0.000000823. The molecular weight excluding hydrogens is 1900 g/mol. The second-order valence-electron chi connectivity index (χ2n) is 27.1. The van der Waals surface area contributed by atoms with Gasteiger partial charge in [0.15, 0.2) is 0 Å². The van der Waals surface area contributed by atoms with Crippen LogP contribution in [0.4, 0.5) is 17.1 Å². The van der Waals surface area contributed by atoms with E-state index in [9.17, 15) is 131 Å². The number of nitrogens with one attached hydrogen (secondary N) is 1. The molecule has 0 saturated carbocycles. The number of amides is 3. The molecule has 0 atom stereocenters. The Morgan fingerprint density at radius 3 is 0.919 bits per heavy atom. The highest BCUT2D eigenvalue weighted by molar-refractivity contribution is 7.86. The third-order valence-corrected chi connectivity index (χ3v) is 21.3. The molecule has 718 valence electrons. The molecule has 0 saturated heterocycles. The normalized spacial score (nSPS) is 11.1. The van der Waals surface area contributed by atoms with Gasteiger partial charge in [0, 0.05) is 54.4 Å². The lowest BCUT2D eigenvalue weighted by Gasteiger charge is -2.32. The third kappa shape index (κ3) is 44.6. The van der Waals surface area contributed by atoms with Crippen molar-refractivity contribution in [3.63, 3.8) is 0 Å². The van der Waals surface area contributed by atoms with Crippen molar-refractivity contribution in [2.24, 2.45) is 0 Å². The van der Waals surface area contributed by atoms with E-state index in [0.29, 0.717) is 39.9 Å². The average molecular weight is 1990 g/mol. The number of anilines is 3. The summed E-state index contributed by atoms with van der Waals surface area (Å²) >= 11 is 0. The van der Waals surface area contributed by atoms with Gasteiger partial charge in [-0.1, -0.05) is 105 Å². The SMILES string of the molecule is [B]Cc1c(C(=O)OCCS(=O)(=O)[O-])c(C[B])c(N(C)C(C)=O)c(C[B])c1N(C)C(C)=O.[B]Cc1cc(C[B])c(C(=O)OCCS(=O)(=O)[O-])c(C[B])c1NC(C)=O.[B]Cc1ccc(C(=O)OCCS(=O)(=O)[O-])c(OC(C)=O)c1.[B]Cc1ccc(C(=O)OCCS(=O)(=O)[O-])c(OC)c1.[B]Cc1ccc(C(=O)OCCS(=O)(=O)[O-])cc1OC.[B]Cc1ccc(C(=O)OCCS(=O)(=O)[O-])cc1OC(C)=O. The maximum Gasteiger partial charge on any atom is 0.341 e. The van der Waals surface area contributed by atoms with Crippen LogP contribution in [0.5, 0.6) is 23.0 Å². The number of rotatable bonds is 41. The van der Waals surface area contributed by atoms with E-state index in [1.807, 2.05) is 0 Å². The number of benzene rings is 6. The molecule has 0 heterocycles. The number of ether oxygens (including phenoxy) is 10. The second kappa shape index (κ2) is 58.7. The van der Waals surface area contributed by atoms with Crippen molar-refractivity contribution in [1.82, 2.24) is 0 Å². The molecule has 3 amide bonds. The molecular formula is C78H85B10N3O39S6-6. The predicted octanol–water partition coefficient (Wildman–Crippen LogP) is -1.19. The Hall–Kier alpha value is -10.8. The van der Waals surface area contributed by atoms with E-state index in [1.54, 1.807) is 24.3 Å². The second-order valence-corrected chi connectivity index (χ2v) is 36.2. The van der Waals surface area contributed by atoms with Crippen LogP contribution in [0.15, 0.2) is 78.9 Å². The van der Waals surface area contributed by atoms with E-state index in [0.717, 1.165) is 18.1 Å². The van der Waals surface area contributed by atoms with Gasteiger partial charge < -0.3 is 89.8 Å². The highest BCUT2D eigenvalue weighted by Gasteiger charge is 2.32. The maximum absolute atomic E-state index is 12.9. The molecule has 6 rings (SSSR count). The Kier molecular flexibility index (Phi) is 53.2. The minimum Gasteiger partial charge on any atom is -0.748 e. The van der Waals surface area contributed by atoms with E-state index in [1.165, 1.54) is 120 Å². The Labute approximate surface area is 800 Å². The Morgan fingerprint density at radius 1 is 0.316 bits per heavy atom. The largest absolute Gasteiger partial charge is 0.748 e. The quantitative estimate of drug-likeness (QED) is 0.0155. The van der Waals surface area contributed by atoms with Gasteiger partial charge in [0.2, 0.25) is 17.7 Å². The maximum atomic E-state index is 12.9. The highest BCUT2D eigenvalue weighted by atomic mass is 32.2. The van der Waals surface area contributed by atoms with E-state index in [4.69, 9.17) is 112 Å². The van der Waals surface area contributed by atoms with Gasteiger partial charge in [0.05, 0.1) is 222 Å². The van der Waals surface area contributed by atoms with Crippen molar-refractivity contribution in [2.75, 3.05) is 118 Å². The summed E-state index contributed by atoms with van der Waals surface area (Å²) < 4.78 is 237. The number of hydrogen-bond acceptors (Lipinski definition) is 39. The van der Waals surface area contributed by atoms with Crippen LogP contribution in [0.2, 0.25) is 0 Å². The molecule has 0 aromatic heterocycles. The minimum atomic E-state index is -4.61. The molecule has 42 nitrogen and oxygen atoms in total. The molecule has 0 bridgehead atoms. The summed E-state index contributed by atoms with van der Waals surface area (Å²) in [4.78, 5) is 132. The zero-order valence-electron chi connectivity index (χ0n) is 74.6. The number of esters is 8. The van der Waals surface area contributed by atoms with Gasteiger partial charge in [-0.15, -0.1) is 0 Å². The summed E-state index contributed by atoms with van der Waals surface area (Å²) in [6, 6.07) is 19.2. The van der Waals surface area contributed by atoms with Gasteiger partial charge in [-0.25, -0.2) is 79.3 Å². The summed E-state index contributed by atoms with van der Waals surface area (Å²) in [5, 5.41) is 2.58. The van der Waals surface area contributed by atoms with E-state index in [-0.39, 0.29) is 147 Å². The summed E-state index contributed by atoms with van der Waals surface area (Å²) in [6.45, 7) is 2.84. The monoisotopic (exact) mass is 1990 g/mol. The van der Waals surface area contributed by atoms with Crippen LogP contribution in [-0.2, 0) is 176 Å². The van der Waals surface area contributed by atoms with Crippen LogP contribution in [0, 0.1) is 0 Å². The van der Waals surface area contributed by atoms with E-state index >= 15 is 0 Å². The number of carbonyl (C=O) groups excluding carboxylic acids is 11. The molecule has 6 aromatic carbocycles. The molecule has 0 unspecified atom stereocenters. The molecule has 58 heteroatoms. The van der Waals surface area contributed by atoms with E-state index in [2.05, 4.69) is 19.5 Å². The van der Waals surface area contributed by atoms with Crippen molar-refractivity contribution in [3.8, 4) is 23.0 Å². The first kappa shape index (κ1) is 123. The zero-order valence-corrected chi connectivity index (χ0v) is 79.5. The summed E-state index contributed by atoms with van der Waals surface area (Å²) in [7, 11) is 35.6. The lowest BCUT2D eigenvalue weighted by Crippen LogP contribution is -2.32. The fraction of sp³-hybridized carbons (Fsp3) is 0.397. The van der Waals surface area contributed by atoms with Crippen LogP contribution >= 0.6 is 0 Å². The van der Waals surface area contributed by atoms with Gasteiger partial charge in [0.1, 0.15) is 73.8 Å². The van der Waals surface area contributed by atoms with Crippen LogP contribution in [0.25, 0.3) is 0 Å². The van der Waals surface area contributed by atoms with Crippen LogP contribution in [0.3, 0.4) is 0 Å². The molecule has 0 aliphatic heterocycles. The number of nitrogens with zero attached hydrogens (tertiary/aromatic N) is 2. The first-order valence-electron chi connectivity index (χ1n) is 38.9. The average Bonchev–Trinajstić information content (AvgIpc) is 0.742. The van der Waals surface area contributed by atoms with Gasteiger partial charge in [-0.2, -0.15) is 0 Å².